The van der Waals surface area contributed by atoms with Crippen molar-refractivity contribution in [2.24, 2.45) is 0 Å². The maximum atomic E-state index is 13.9. The van der Waals surface area contributed by atoms with Gasteiger partial charge in [-0.05, 0) is 43.9 Å². The minimum absolute atomic E-state index is 0.0553. The first-order valence-electron chi connectivity index (χ1n) is 16.8. The van der Waals surface area contributed by atoms with Crippen molar-refractivity contribution in [3.8, 4) is 0 Å². The normalized spacial score (nSPS) is 22.0. The Bertz CT molecular complexity index is 1590. The van der Waals surface area contributed by atoms with E-state index in [1.54, 1.807) is 24.3 Å². The van der Waals surface area contributed by atoms with Gasteiger partial charge in [0.05, 0.1) is 19.4 Å². The van der Waals surface area contributed by atoms with Crippen molar-refractivity contribution in [2.45, 2.75) is 76.5 Å². The second-order valence-corrected chi connectivity index (χ2v) is 12.6. The van der Waals surface area contributed by atoms with Gasteiger partial charge in [-0.1, -0.05) is 23.7 Å². The summed E-state index contributed by atoms with van der Waals surface area (Å²) < 4.78 is 0. The molecule has 0 aliphatic carbocycles. The van der Waals surface area contributed by atoms with Gasteiger partial charge in [-0.25, -0.2) is 4.98 Å². The number of H-pyrrole nitrogens is 1. The summed E-state index contributed by atoms with van der Waals surface area (Å²) >= 11 is 6.16. The fraction of sp³-hybridized carbons (Fsp3) is 0.485. The van der Waals surface area contributed by atoms with E-state index in [-0.39, 0.29) is 38.8 Å². The molecule has 1 aromatic carbocycles. The molecule has 19 heteroatoms. The number of nitrogens with one attached hydrogen (secondary N) is 9. The molecule has 4 atom stereocenters. The average molecular weight is 745 g/mol. The molecule has 9 N–H and O–H groups in total. The van der Waals surface area contributed by atoms with Crippen molar-refractivity contribution >= 4 is 58.9 Å². The van der Waals surface area contributed by atoms with Crippen LogP contribution in [-0.4, -0.2) is 108 Å². The van der Waals surface area contributed by atoms with Gasteiger partial charge in [0.15, 0.2) is 0 Å². The van der Waals surface area contributed by atoms with Crippen LogP contribution >= 0.6 is 11.6 Å². The minimum Gasteiger partial charge on any atom is -0.356 e. The predicted molar refractivity (Wildman–Crippen MR) is 187 cm³/mol. The van der Waals surface area contributed by atoms with E-state index < -0.39 is 84.5 Å². The molecule has 18 nitrogen and oxygen atoms in total. The molecule has 0 radical (unpaired) electrons. The highest BCUT2D eigenvalue weighted by atomic mass is 35.5. The first kappa shape index (κ1) is 40.9. The summed E-state index contributed by atoms with van der Waals surface area (Å²) in [6.07, 6.45) is 3.34. The second-order valence-electron chi connectivity index (χ2n) is 12.2. The van der Waals surface area contributed by atoms with E-state index in [1.165, 1.54) is 26.4 Å². The van der Waals surface area contributed by atoms with Crippen LogP contribution < -0.4 is 42.5 Å². The quantitative estimate of drug-likeness (QED) is 0.150. The summed E-state index contributed by atoms with van der Waals surface area (Å²) in [7, 11) is 0. The van der Waals surface area contributed by atoms with Crippen LogP contribution in [0.15, 0.2) is 36.8 Å². The lowest BCUT2D eigenvalue weighted by Gasteiger charge is -2.25. The highest BCUT2D eigenvalue weighted by Crippen LogP contribution is 2.13. The number of nitrogens with zero attached hydrogens (tertiary/aromatic N) is 1. The van der Waals surface area contributed by atoms with E-state index in [9.17, 15) is 38.4 Å². The SMILES string of the molecule is CC(=O)NCC(=O)N[C@H]1CCC(=O)NCCCCNC(=O)[C@H](C)NC(=O)CNC(=O)[C@@H](Cc2cccc(Cl)c2)NC(=O)[C@H](Cc2cnc[nH]2)NC1=O. The van der Waals surface area contributed by atoms with Crippen molar-refractivity contribution in [3.63, 3.8) is 0 Å². The largest absolute Gasteiger partial charge is 0.356 e. The Morgan fingerprint density at radius 1 is 0.865 bits per heavy atom. The Labute approximate surface area is 305 Å². The van der Waals surface area contributed by atoms with Crippen LogP contribution in [0.2, 0.25) is 5.02 Å². The number of halogens is 1. The van der Waals surface area contributed by atoms with E-state index in [0.717, 1.165) is 0 Å². The fourth-order valence-corrected chi connectivity index (χ4v) is 5.27. The van der Waals surface area contributed by atoms with E-state index in [0.29, 0.717) is 29.1 Å². The Kier molecular flexibility index (Phi) is 16.5. The number of amides is 8. The molecule has 1 aliphatic heterocycles. The summed E-state index contributed by atoms with van der Waals surface area (Å²) in [5, 5.41) is 20.9. The Balaban J connectivity index is 1.91. The lowest BCUT2D eigenvalue weighted by atomic mass is 10.0. The van der Waals surface area contributed by atoms with Crippen LogP contribution in [0.4, 0.5) is 0 Å². The fourth-order valence-electron chi connectivity index (χ4n) is 5.05. The first-order chi connectivity index (χ1) is 24.8. The number of benzene rings is 1. The average Bonchev–Trinajstić information content (AvgIpc) is 3.61. The van der Waals surface area contributed by atoms with Crippen LogP contribution in [0.1, 0.15) is 50.8 Å². The van der Waals surface area contributed by atoms with Gasteiger partial charge in [0.2, 0.25) is 47.3 Å². The lowest BCUT2D eigenvalue weighted by molar-refractivity contribution is -0.134. The molecule has 0 spiro atoms. The maximum Gasteiger partial charge on any atom is 0.243 e. The van der Waals surface area contributed by atoms with Crippen molar-refractivity contribution in [2.75, 3.05) is 26.2 Å². The van der Waals surface area contributed by atoms with E-state index in [1.807, 2.05) is 0 Å². The van der Waals surface area contributed by atoms with Gasteiger partial charge in [-0.3, -0.25) is 38.4 Å². The van der Waals surface area contributed by atoms with Crippen molar-refractivity contribution < 1.29 is 38.4 Å². The highest BCUT2D eigenvalue weighted by molar-refractivity contribution is 6.30. The van der Waals surface area contributed by atoms with Gasteiger partial charge < -0.3 is 47.5 Å². The van der Waals surface area contributed by atoms with Crippen LogP contribution in [0.3, 0.4) is 0 Å². The third-order valence-corrected chi connectivity index (χ3v) is 8.04. The molecule has 1 saturated heterocycles. The number of hydrogen-bond donors (Lipinski definition) is 9. The zero-order valence-corrected chi connectivity index (χ0v) is 29.7. The second kappa shape index (κ2) is 21.0. The van der Waals surface area contributed by atoms with Gasteiger partial charge >= 0.3 is 0 Å². The summed E-state index contributed by atoms with van der Waals surface area (Å²) in [5.74, 6) is -5.02. The zero-order chi connectivity index (χ0) is 38.0. The summed E-state index contributed by atoms with van der Waals surface area (Å²) in [6.45, 7) is 2.32. The monoisotopic (exact) mass is 744 g/mol. The number of carbonyl (C=O) groups excluding carboxylic acids is 8. The van der Waals surface area contributed by atoms with E-state index in [2.05, 4.69) is 52.5 Å². The standard InChI is InChI=1S/C33H45ClN10O8/c1-19-30(49)37-11-4-3-10-36-27(46)9-8-24(42-29(48)16-38-20(2)45)32(51)44-26(14-23-15-35-18-40-23)33(52)43-25(31(50)39-17-28(47)41-19)13-21-6-5-7-22(34)12-21/h5-7,12,15,18-19,24-26H,3-4,8-11,13-14,16-17H2,1-2H3,(H,35,40)(H,36,46)(H,37,49)(H,38,45)(H,39,50)(H,41,47)(H,42,48)(H,43,52)(H,44,51)/t19-,24-,25+,26-/m0/s1. The Morgan fingerprint density at radius 2 is 1.58 bits per heavy atom. The number of imidazole rings is 1. The minimum atomic E-state index is -1.32. The Hall–Kier alpha value is -5.52. The molecule has 282 valence electrons. The third kappa shape index (κ3) is 14.8. The number of aromatic amines is 1. The maximum absolute atomic E-state index is 13.9. The van der Waals surface area contributed by atoms with Crippen LogP contribution in [0, 0.1) is 0 Å². The van der Waals surface area contributed by atoms with Gasteiger partial charge in [0.1, 0.15) is 24.2 Å². The molecule has 0 bridgehead atoms. The molecule has 8 amide bonds. The molecule has 0 unspecified atom stereocenters. The molecule has 2 heterocycles. The molecular weight excluding hydrogens is 700 g/mol. The summed E-state index contributed by atoms with van der Waals surface area (Å²) in [4.78, 5) is 110. The van der Waals surface area contributed by atoms with Gasteiger partial charge in [-0.2, -0.15) is 0 Å². The Morgan fingerprint density at radius 3 is 2.27 bits per heavy atom. The number of aromatic nitrogens is 2. The number of rotatable bonds is 7. The van der Waals surface area contributed by atoms with Crippen LogP contribution in [-0.2, 0) is 51.2 Å². The van der Waals surface area contributed by atoms with Crippen LogP contribution in [0.25, 0.3) is 0 Å². The molecule has 3 rings (SSSR count). The van der Waals surface area contributed by atoms with Crippen LogP contribution in [0.5, 0.6) is 0 Å². The molecular formula is C33H45ClN10O8. The molecule has 1 aliphatic rings. The van der Waals surface area contributed by atoms with Crippen molar-refractivity contribution in [1.82, 2.24) is 52.5 Å². The summed E-state index contributed by atoms with van der Waals surface area (Å²) in [6, 6.07) is 1.79. The van der Waals surface area contributed by atoms with Crippen molar-refractivity contribution in [3.05, 3.63) is 53.1 Å². The number of carbonyl (C=O) groups is 8. The molecule has 0 saturated carbocycles. The van der Waals surface area contributed by atoms with Gasteiger partial charge in [0.25, 0.3) is 0 Å². The van der Waals surface area contributed by atoms with Gasteiger partial charge in [-0.15, -0.1) is 0 Å². The van der Waals surface area contributed by atoms with Crippen molar-refractivity contribution in [1.29, 1.82) is 0 Å². The highest BCUT2D eigenvalue weighted by Gasteiger charge is 2.31. The molecule has 2 aromatic rings. The molecule has 1 fully saturated rings. The molecule has 1 aromatic heterocycles. The van der Waals surface area contributed by atoms with Gasteiger partial charge in [0, 0.05) is 56.2 Å². The molecule has 52 heavy (non-hydrogen) atoms. The predicted octanol–water partition coefficient (Wildman–Crippen LogP) is -2.13. The van der Waals surface area contributed by atoms with E-state index >= 15 is 0 Å². The smallest absolute Gasteiger partial charge is 0.243 e. The lowest BCUT2D eigenvalue weighted by Crippen LogP contribution is -2.58. The summed E-state index contributed by atoms with van der Waals surface area (Å²) in [5.41, 5.74) is 1.03. The topological polar surface area (TPSA) is 261 Å². The first-order valence-corrected chi connectivity index (χ1v) is 17.2. The van der Waals surface area contributed by atoms with E-state index in [4.69, 9.17) is 11.6 Å². The number of hydrogen-bond acceptors (Lipinski definition) is 9. The third-order valence-electron chi connectivity index (χ3n) is 7.80. The zero-order valence-electron chi connectivity index (χ0n) is 28.9.